The number of imide groups is 1. The van der Waals surface area contributed by atoms with Gasteiger partial charge in [0.2, 0.25) is 11.8 Å². The molecule has 2 aromatic rings. The minimum atomic E-state index is -1.10. The smallest absolute Gasteiger partial charge is 0.255 e. The molecule has 34 heavy (non-hydrogen) atoms. The fraction of sp³-hybridized carbons (Fsp3) is 0.400. The molecular weight excluding hydrogens is 444 g/mol. The van der Waals surface area contributed by atoms with Crippen molar-refractivity contribution in [3.63, 3.8) is 0 Å². The van der Waals surface area contributed by atoms with E-state index in [0.717, 1.165) is 11.6 Å². The van der Waals surface area contributed by atoms with E-state index in [1.807, 2.05) is 11.0 Å². The molecule has 0 aliphatic carbocycles. The zero-order chi connectivity index (χ0) is 24.0. The molecule has 2 saturated heterocycles. The minimum Gasteiger partial charge on any atom is -0.385 e. The highest BCUT2D eigenvalue weighted by Gasteiger charge is 2.40. The number of amides is 3. The number of carbonyl (C=O) groups excluding carboxylic acids is 3. The molecule has 3 aliphatic rings. The highest BCUT2D eigenvalue weighted by atomic mass is 19.2. The third-order valence-corrected chi connectivity index (χ3v) is 7.17. The molecule has 9 heteroatoms. The number of benzene rings is 2. The molecule has 1 atom stereocenters. The first-order valence-electron chi connectivity index (χ1n) is 11.4. The number of hydrogen-bond acceptors (Lipinski definition) is 5. The van der Waals surface area contributed by atoms with Crippen LogP contribution in [0.3, 0.4) is 0 Å². The van der Waals surface area contributed by atoms with Crippen molar-refractivity contribution in [3.05, 3.63) is 70.3 Å². The molecule has 178 valence electrons. The molecule has 0 radical (unpaired) electrons. The van der Waals surface area contributed by atoms with E-state index >= 15 is 0 Å². The summed E-state index contributed by atoms with van der Waals surface area (Å²) >= 11 is 0. The van der Waals surface area contributed by atoms with E-state index in [0.29, 0.717) is 43.5 Å². The van der Waals surface area contributed by atoms with Crippen LogP contribution in [0.2, 0.25) is 0 Å². The van der Waals surface area contributed by atoms with Crippen LogP contribution in [0.5, 0.6) is 0 Å². The van der Waals surface area contributed by atoms with Crippen molar-refractivity contribution in [3.8, 4) is 0 Å². The molecule has 0 saturated carbocycles. The maximum atomic E-state index is 14.0. The number of nitrogens with zero attached hydrogens (tertiary/aromatic N) is 2. The molecule has 5 rings (SSSR count). The average molecular weight is 469 g/mol. The second-order valence-corrected chi connectivity index (χ2v) is 9.29. The summed E-state index contributed by atoms with van der Waals surface area (Å²) in [6.07, 6.45) is 1.31. The summed E-state index contributed by atoms with van der Waals surface area (Å²) in [6, 6.07) is 8.70. The molecule has 7 nitrogen and oxygen atoms in total. The Kier molecular flexibility index (Phi) is 5.69. The first-order chi connectivity index (χ1) is 16.2. The Morgan fingerprint density at radius 1 is 1.09 bits per heavy atom. The quantitative estimate of drug-likeness (QED) is 0.671. The number of aliphatic hydroxyl groups is 1. The minimum absolute atomic E-state index is 0.192. The Balaban J connectivity index is 1.27. The monoisotopic (exact) mass is 469 g/mol. The van der Waals surface area contributed by atoms with E-state index in [4.69, 9.17) is 0 Å². The van der Waals surface area contributed by atoms with Crippen LogP contribution in [0.25, 0.3) is 0 Å². The molecule has 0 spiro atoms. The summed E-state index contributed by atoms with van der Waals surface area (Å²) in [5.74, 6) is -2.76. The van der Waals surface area contributed by atoms with Gasteiger partial charge >= 0.3 is 0 Å². The number of hydrogen-bond donors (Lipinski definition) is 2. The van der Waals surface area contributed by atoms with Crippen molar-refractivity contribution >= 4 is 17.7 Å². The Morgan fingerprint density at radius 3 is 2.59 bits per heavy atom. The van der Waals surface area contributed by atoms with Crippen LogP contribution in [-0.2, 0) is 28.3 Å². The van der Waals surface area contributed by atoms with Gasteiger partial charge in [-0.1, -0.05) is 24.3 Å². The van der Waals surface area contributed by atoms with Crippen LogP contribution < -0.4 is 5.32 Å². The molecule has 3 amide bonds. The third kappa shape index (κ3) is 3.99. The van der Waals surface area contributed by atoms with E-state index < -0.39 is 29.2 Å². The Hall–Kier alpha value is -3.17. The third-order valence-electron chi connectivity index (χ3n) is 7.17. The summed E-state index contributed by atoms with van der Waals surface area (Å²) in [4.78, 5) is 40.0. The zero-order valence-electron chi connectivity index (χ0n) is 18.5. The van der Waals surface area contributed by atoms with Gasteiger partial charge in [-0.2, -0.15) is 0 Å². The molecule has 2 aromatic carbocycles. The van der Waals surface area contributed by atoms with E-state index in [1.165, 1.54) is 11.0 Å². The van der Waals surface area contributed by atoms with Gasteiger partial charge in [0, 0.05) is 43.7 Å². The molecule has 1 unspecified atom stereocenters. The van der Waals surface area contributed by atoms with Gasteiger partial charge in [0.15, 0.2) is 11.6 Å². The average Bonchev–Trinajstić information content (AvgIpc) is 3.14. The van der Waals surface area contributed by atoms with Crippen molar-refractivity contribution in [2.45, 2.75) is 50.4 Å². The Bertz CT molecular complexity index is 1180. The van der Waals surface area contributed by atoms with E-state index in [9.17, 15) is 28.3 Å². The lowest BCUT2D eigenvalue weighted by Crippen LogP contribution is -2.52. The fourth-order valence-electron chi connectivity index (χ4n) is 5.15. The lowest BCUT2D eigenvalue weighted by atomic mass is 9.83. The van der Waals surface area contributed by atoms with Gasteiger partial charge in [0.1, 0.15) is 6.04 Å². The maximum absolute atomic E-state index is 14.0. The molecule has 2 fully saturated rings. The number of likely N-dealkylation sites (tertiary alicyclic amines) is 1. The molecular formula is C25H25F2N3O4. The van der Waals surface area contributed by atoms with Gasteiger partial charge < -0.3 is 10.0 Å². The van der Waals surface area contributed by atoms with Gasteiger partial charge in [0.25, 0.3) is 5.91 Å². The van der Waals surface area contributed by atoms with Crippen LogP contribution >= 0.6 is 0 Å². The van der Waals surface area contributed by atoms with Crippen molar-refractivity contribution in [2.24, 2.45) is 0 Å². The van der Waals surface area contributed by atoms with Gasteiger partial charge in [0.05, 0.1) is 5.60 Å². The van der Waals surface area contributed by atoms with Gasteiger partial charge in [-0.15, -0.1) is 0 Å². The van der Waals surface area contributed by atoms with Crippen LogP contribution in [0, 0.1) is 11.6 Å². The van der Waals surface area contributed by atoms with E-state index in [2.05, 4.69) is 5.32 Å². The lowest BCUT2D eigenvalue weighted by Gasteiger charge is -2.38. The van der Waals surface area contributed by atoms with Crippen molar-refractivity contribution in [1.29, 1.82) is 0 Å². The summed E-state index contributed by atoms with van der Waals surface area (Å²) in [6.45, 7) is 1.52. The number of piperidine rings is 2. The van der Waals surface area contributed by atoms with Crippen LogP contribution in [0.4, 0.5) is 8.78 Å². The lowest BCUT2D eigenvalue weighted by molar-refractivity contribution is -0.136. The highest BCUT2D eigenvalue weighted by Crippen LogP contribution is 2.37. The molecule has 2 N–H and O–H groups in total. The Labute approximate surface area is 195 Å². The summed E-state index contributed by atoms with van der Waals surface area (Å²) < 4.78 is 27.5. The molecule has 0 bridgehead atoms. The van der Waals surface area contributed by atoms with Crippen molar-refractivity contribution in [1.82, 2.24) is 15.1 Å². The maximum Gasteiger partial charge on any atom is 0.255 e. The largest absolute Gasteiger partial charge is 0.385 e. The number of carbonyl (C=O) groups is 3. The standard InChI is InChI=1S/C25H25F2N3O4/c26-19-3-1-2-15(22(19)27)13-29-10-8-25(34,9-11-29)17-4-5-18-16(12-17)14-30(24(18)33)20-6-7-21(31)28-23(20)32/h1-5,12,20,34H,6-11,13-14H2,(H,28,31,32). The Morgan fingerprint density at radius 2 is 1.85 bits per heavy atom. The van der Waals surface area contributed by atoms with E-state index in [1.54, 1.807) is 18.2 Å². The number of rotatable bonds is 4. The second-order valence-electron chi connectivity index (χ2n) is 9.29. The zero-order valence-corrected chi connectivity index (χ0v) is 18.5. The van der Waals surface area contributed by atoms with Gasteiger partial charge in [-0.25, -0.2) is 8.78 Å². The first kappa shape index (κ1) is 22.6. The van der Waals surface area contributed by atoms with Crippen molar-refractivity contribution in [2.75, 3.05) is 13.1 Å². The highest BCUT2D eigenvalue weighted by molar-refractivity contribution is 6.05. The topological polar surface area (TPSA) is 90.0 Å². The number of fused-ring (bicyclic) bond motifs is 1. The molecule has 3 heterocycles. The summed E-state index contributed by atoms with van der Waals surface area (Å²) in [5.41, 5.74) is 1.12. The SMILES string of the molecule is O=C1CCC(N2Cc3cc(C4(O)CCN(Cc5cccc(F)c5F)CC4)ccc3C2=O)C(=O)N1. The first-order valence-corrected chi connectivity index (χ1v) is 11.4. The van der Waals surface area contributed by atoms with Crippen molar-refractivity contribution < 1.29 is 28.3 Å². The van der Waals surface area contributed by atoms with E-state index in [-0.39, 0.29) is 36.9 Å². The summed E-state index contributed by atoms with van der Waals surface area (Å²) in [7, 11) is 0. The predicted octanol–water partition coefficient (Wildman–Crippen LogP) is 2.21. The predicted molar refractivity (Wildman–Crippen MR) is 117 cm³/mol. The summed E-state index contributed by atoms with van der Waals surface area (Å²) in [5, 5.41) is 13.6. The fourth-order valence-corrected chi connectivity index (χ4v) is 5.15. The molecule has 3 aliphatic heterocycles. The second kappa shape index (κ2) is 8.56. The van der Waals surface area contributed by atoms with Crippen LogP contribution in [0.15, 0.2) is 36.4 Å². The van der Waals surface area contributed by atoms with Gasteiger partial charge in [-0.3, -0.25) is 24.6 Å². The number of nitrogens with one attached hydrogen (secondary N) is 1. The van der Waals surface area contributed by atoms with Gasteiger partial charge in [-0.05, 0) is 42.5 Å². The van der Waals surface area contributed by atoms with Crippen LogP contribution in [-0.4, -0.2) is 51.8 Å². The van der Waals surface area contributed by atoms with Crippen LogP contribution in [0.1, 0.15) is 52.7 Å². The number of halogens is 2. The normalized spacial score (nSPS) is 22.6. The molecule has 0 aromatic heterocycles.